The molecule has 1 aliphatic heterocycles. The van der Waals surface area contributed by atoms with Crippen molar-refractivity contribution in [1.82, 2.24) is 9.88 Å². The second kappa shape index (κ2) is 6.10. The molecule has 0 unspecified atom stereocenters. The van der Waals surface area contributed by atoms with E-state index in [0.29, 0.717) is 0 Å². The van der Waals surface area contributed by atoms with Crippen LogP contribution in [0.25, 0.3) is 0 Å². The van der Waals surface area contributed by atoms with E-state index in [-0.39, 0.29) is 18.4 Å². The van der Waals surface area contributed by atoms with Crippen molar-refractivity contribution >= 4 is 12.1 Å². The lowest BCUT2D eigenvalue weighted by Crippen LogP contribution is -2.44. The first-order chi connectivity index (χ1) is 10.6. The average Bonchev–Trinajstić information content (AvgIpc) is 2.81. The number of carbonyl (C=O) groups is 2. The second-order valence-corrected chi connectivity index (χ2v) is 6.35. The fourth-order valence-electron chi connectivity index (χ4n) is 2.60. The number of pyridine rings is 1. The summed E-state index contributed by atoms with van der Waals surface area (Å²) < 4.78 is 32.1. The van der Waals surface area contributed by atoms with Gasteiger partial charge in [-0.2, -0.15) is 13.8 Å². The molecule has 1 aromatic heterocycles. The van der Waals surface area contributed by atoms with Gasteiger partial charge < -0.3 is 9.84 Å². The minimum Gasteiger partial charge on any atom is -0.480 e. The largest absolute Gasteiger partial charge is 0.480 e. The molecule has 0 spiro atoms. The Kier molecular flexibility index (Phi) is 4.53. The number of ether oxygens (including phenoxy) is 1. The number of hydrogen-bond acceptors (Lipinski definition) is 4. The van der Waals surface area contributed by atoms with Gasteiger partial charge in [-0.05, 0) is 45.7 Å². The molecule has 2 heterocycles. The van der Waals surface area contributed by atoms with E-state index in [4.69, 9.17) is 4.74 Å². The highest BCUT2D eigenvalue weighted by molar-refractivity contribution is 5.81. The van der Waals surface area contributed by atoms with E-state index in [9.17, 15) is 23.5 Å². The molecule has 6 nitrogen and oxygen atoms in total. The summed E-state index contributed by atoms with van der Waals surface area (Å²) in [6.07, 6.45) is -0.479. The number of aliphatic carboxylic acids is 1. The first kappa shape index (κ1) is 17.1. The Hall–Kier alpha value is -2.25. The SMILES string of the molecule is CC(C)(C)OC(=O)N1[C@@H](C(=O)O)CC[C@H]1c1ccc(F)nc1F. The first-order valence-electron chi connectivity index (χ1n) is 7.16. The molecule has 0 aliphatic carbocycles. The quantitative estimate of drug-likeness (QED) is 0.845. The van der Waals surface area contributed by atoms with Crippen LogP contribution in [0.15, 0.2) is 12.1 Å². The van der Waals surface area contributed by atoms with Gasteiger partial charge in [0.05, 0.1) is 6.04 Å². The van der Waals surface area contributed by atoms with E-state index in [1.165, 1.54) is 6.07 Å². The van der Waals surface area contributed by atoms with E-state index in [0.717, 1.165) is 11.0 Å². The van der Waals surface area contributed by atoms with Crippen molar-refractivity contribution in [2.45, 2.75) is 51.3 Å². The van der Waals surface area contributed by atoms with Crippen LogP contribution in [-0.2, 0) is 9.53 Å². The fraction of sp³-hybridized carbons (Fsp3) is 0.533. The molecule has 2 rings (SSSR count). The molecule has 0 aromatic carbocycles. The Labute approximate surface area is 132 Å². The Morgan fingerprint density at radius 1 is 1.30 bits per heavy atom. The Bertz CT molecular complexity index is 630. The summed E-state index contributed by atoms with van der Waals surface area (Å²) in [7, 11) is 0. The number of likely N-dealkylation sites (tertiary alicyclic amines) is 1. The zero-order chi connectivity index (χ0) is 17.4. The number of carboxylic acid groups (broad SMARTS) is 1. The normalized spacial score (nSPS) is 21.3. The highest BCUT2D eigenvalue weighted by Crippen LogP contribution is 2.38. The Morgan fingerprint density at radius 2 is 1.96 bits per heavy atom. The van der Waals surface area contributed by atoms with E-state index < -0.39 is 41.6 Å². The maximum Gasteiger partial charge on any atom is 0.411 e. The van der Waals surface area contributed by atoms with Crippen LogP contribution in [0, 0.1) is 11.9 Å². The minimum absolute atomic E-state index is 0.0268. The van der Waals surface area contributed by atoms with Crippen LogP contribution in [0.2, 0.25) is 0 Å². The lowest BCUT2D eigenvalue weighted by Gasteiger charge is -2.31. The molecule has 126 valence electrons. The van der Waals surface area contributed by atoms with Gasteiger partial charge in [0.2, 0.25) is 11.9 Å². The molecule has 1 N–H and O–H groups in total. The minimum atomic E-state index is -1.20. The predicted octanol–water partition coefficient (Wildman–Crippen LogP) is 2.89. The maximum atomic E-state index is 13.9. The van der Waals surface area contributed by atoms with E-state index in [1.54, 1.807) is 20.8 Å². The summed E-state index contributed by atoms with van der Waals surface area (Å²) in [6, 6.07) is 0.155. The third-order valence-corrected chi connectivity index (χ3v) is 3.48. The molecule has 1 aliphatic rings. The zero-order valence-electron chi connectivity index (χ0n) is 13.0. The van der Waals surface area contributed by atoms with Crippen molar-refractivity contribution in [3.63, 3.8) is 0 Å². The van der Waals surface area contributed by atoms with Gasteiger partial charge in [0.15, 0.2) is 0 Å². The van der Waals surface area contributed by atoms with Gasteiger partial charge in [-0.25, -0.2) is 9.59 Å². The number of amides is 1. The van der Waals surface area contributed by atoms with Crippen LogP contribution in [0.4, 0.5) is 13.6 Å². The molecule has 23 heavy (non-hydrogen) atoms. The van der Waals surface area contributed by atoms with Crippen LogP contribution >= 0.6 is 0 Å². The van der Waals surface area contributed by atoms with Crippen LogP contribution in [0.1, 0.15) is 45.2 Å². The highest BCUT2D eigenvalue weighted by atomic mass is 19.1. The van der Waals surface area contributed by atoms with Crippen molar-refractivity contribution in [3.05, 3.63) is 29.6 Å². The molecular weight excluding hydrogens is 310 g/mol. The monoisotopic (exact) mass is 328 g/mol. The molecule has 0 bridgehead atoms. The van der Waals surface area contributed by atoms with Crippen molar-refractivity contribution in [1.29, 1.82) is 0 Å². The number of halogens is 2. The number of rotatable bonds is 2. The summed E-state index contributed by atoms with van der Waals surface area (Å²) in [5.74, 6) is -3.24. The number of hydrogen-bond donors (Lipinski definition) is 1. The molecule has 1 aromatic rings. The summed E-state index contributed by atoms with van der Waals surface area (Å²) in [5.41, 5.74) is -0.853. The molecule has 1 saturated heterocycles. The topological polar surface area (TPSA) is 79.7 Å². The molecule has 2 atom stereocenters. The average molecular weight is 328 g/mol. The van der Waals surface area contributed by atoms with Crippen LogP contribution in [-0.4, -0.2) is 38.7 Å². The van der Waals surface area contributed by atoms with Crippen LogP contribution in [0.3, 0.4) is 0 Å². The highest BCUT2D eigenvalue weighted by Gasteiger charge is 2.44. The second-order valence-electron chi connectivity index (χ2n) is 6.35. The third kappa shape index (κ3) is 3.75. The number of nitrogens with zero attached hydrogens (tertiary/aromatic N) is 2. The zero-order valence-corrected chi connectivity index (χ0v) is 13.0. The third-order valence-electron chi connectivity index (χ3n) is 3.48. The van der Waals surface area contributed by atoms with E-state index in [1.807, 2.05) is 0 Å². The lowest BCUT2D eigenvalue weighted by molar-refractivity contribution is -0.142. The van der Waals surface area contributed by atoms with Gasteiger partial charge in [0.1, 0.15) is 11.6 Å². The van der Waals surface area contributed by atoms with Crippen LogP contribution < -0.4 is 0 Å². The maximum absolute atomic E-state index is 13.9. The van der Waals surface area contributed by atoms with Gasteiger partial charge in [0.25, 0.3) is 0 Å². The number of carbonyl (C=O) groups excluding carboxylic acids is 1. The molecular formula is C15H18F2N2O4. The number of carboxylic acids is 1. The standard InChI is InChI=1S/C15H18F2N2O4/c1-15(2,3)23-14(22)19-9(5-6-10(19)13(20)21)8-4-7-11(16)18-12(8)17/h4,7,9-10H,5-6H2,1-3H3,(H,20,21)/t9-,10+/m0/s1. The Balaban J connectivity index is 2.37. The molecule has 0 saturated carbocycles. The van der Waals surface area contributed by atoms with E-state index >= 15 is 0 Å². The van der Waals surface area contributed by atoms with Crippen LogP contribution in [0.5, 0.6) is 0 Å². The van der Waals surface area contributed by atoms with Gasteiger partial charge in [-0.3, -0.25) is 4.90 Å². The van der Waals surface area contributed by atoms with Gasteiger partial charge >= 0.3 is 12.1 Å². The van der Waals surface area contributed by atoms with Crippen molar-refractivity contribution in [2.24, 2.45) is 0 Å². The molecule has 1 fully saturated rings. The summed E-state index contributed by atoms with van der Waals surface area (Å²) >= 11 is 0. The fourth-order valence-corrected chi connectivity index (χ4v) is 2.60. The Morgan fingerprint density at radius 3 is 2.48 bits per heavy atom. The molecule has 1 amide bonds. The van der Waals surface area contributed by atoms with Crippen molar-refractivity contribution in [3.8, 4) is 0 Å². The smallest absolute Gasteiger partial charge is 0.411 e. The predicted molar refractivity (Wildman–Crippen MR) is 75.6 cm³/mol. The van der Waals surface area contributed by atoms with Crippen molar-refractivity contribution in [2.75, 3.05) is 0 Å². The summed E-state index contributed by atoms with van der Waals surface area (Å²) in [5, 5.41) is 9.29. The summed E-state index contributed by atoms with van der Waals surface area (Å²) in [4.78, 5) is 27.8. The molecule has 0 radical (unpaired) electrons. The summed E-state index contributed by atoms with van der Waals surface area (Å²) in [6.45, 7) is 4.93. The van der Waals surface area contributed by atoms with Gasteiger partial charge in [-0.1, -0.05) is 0 Å². The van der Waals surface area contributed by atoms with Gasteiger partial charge in [0, 0.05) is 5.56 Å². The molecule has 8 heteroatoms. The first-order valence-corrected chi connectivity index (χ1v) is 7.16. The lowest BCUT2D eigenvalue weighted by atomic mass is 10.1. The van der Waals surface area contributed by atoms with E-state index in [2.05, 4.69) is 4.98 Å². The van der Waals surface area contributed by atoms with Crippen molar-refractivity contribution < 1.29 is 28.2 Å². The van der Waals surface area contributed by atoms with Gasteiger partial charge in [-0.15, -0.1) is 0 Å². The number of aromatic nitrogens is 1.